The van der Waals surface area contributed by atoms with Gasteiger partial charge in [-0.3, -0.25) is 10.1 Å². The number of carbonyl (C=O) groups excluding carboxylic acids is 1. The predicted molar refractivity (Wildman–Crippen MR) is 101 cm³/mol. The molecule has 1 saturated heterocycles. The highest BCUT2D eigenvalue weighted by atomic mass is 32.1. The van der Waals surface area contributed by atoms with Crippen LogP contribution in [0, 0.1) is 0 Å². The molecule has 1 fully saturated rings. The minimum absolute atomic E-state index is 0.161. The lowest BCUT2D eigenvalue weighted by molar-refractivity contribution is -0.274. The Balaban J connectivity index is 1.47. The molecule has 1 aromatic carbocycles. The number of carbonyl (C=O) groups is 2. The van der Waals surface area contributed by atoms with Gasteiger partial charge in [-0.05, 0) is 12.1 Å². The summed E-state index contributed by atoms with van der Waals surface area (Å²) in [7, 11) is 0. The fourth-order valence-electron chi connectivity index (χ4n) is 2.88. The number of carboxylic acid groups (broad SMARTS) is 1. The van der Waals surface area contributed by atoms with E-state index in [0.29, 0.717) is 35.9 Å². The topological polar surface area (TPSA) is 101 Å². The molecule has 0 spiro atoms. The number of halogens is 3. The number of urea groups is 1. The van der Waals surface area contributed by atoms with Gasteiger partial charge in [0.25, 0.3) is 0 Å². The minimum Gasteiger partial charge on any atom is -0.490 e. The maximum Gasteiger partial charge on any atom is 0.573 e. The molecule has 162 valence electrons. The highest BCUT2D eigenvalue weighted by Crippen LogP contribution is 2.28. The van der Waals surface area contributed by atoms with Crippen molar-refractivity contribution in [3.8, 4) is 11.5 Å². The standard InChI is InChI=1S/C18H18F3N3O5S/c19-18(20,21)29-13-3-1-2-12(8-13)28-11-4-6-24(7-5-11)17(27)23-16-22-10-14(30-16)9-15(25)26/h1-3,8,10-11H,4-7,9H2,(H,25,26)(H,22,23,27). The second kappa shape index (κ2) is 9.20. The Morgan fingerprint density at radius 1 is 1.27 bits per heavy atom. The molecule has 12 heteroatoms. The molecule has 2 aromatic rings. The summed E-state index contributed by atoms with van der Waals surface area (Å²) >= 11 is 1.09. The summed E-state index contributed by atoms with van der Waals surface area (Å²) in [6.07, 6.45) is -2.78. The Labute approximate surface area is 173 Å². The molecule has 1 aromatic heterocycles. The van der Waals surface area contributed by atoms with Gasteiger partial charge in [0.15, 0.2) is 5.13 Å². The highest BCUT2D eigenvalue weighted by molar-refractivity contribution is 7.15. The zero-order chi connectivity index (χ0) is 21.7. The normalized spacial score (nSPS) is 15.0. The minimum atomic E-state index is -4.77. The largest absolute Gasteiger partial charge is 0.573 e. The van der Waals surface area contributed by atoms with Crippen molar-refractivity contribution in [2.45, 2.75) is 31.7 Å². The first-order valence-electron chi connectivity index (χ1n) is 8.93. The van der Waals surface area contributed by atoms with Crippen molar-refractivity contribution in [2.75, 3.05) is 18.4 Å². The van der Waals surface area contributed by atoms with Crippen LogP contribution in [0.1, 0.15) is 17.7 Å². The number of hydrogen-bond donors (Lipinski definition) is 2. The van der Waals surface area contributed by atoms with E-state index in [0.717, 1.165) is 11.3 Å². The van der Waals surface area contributed by atoms with Crippen LogP contribution in [0.5, 0.6) is 11.5 Å². The summed E-state index contributed by atoms with van der Waals surface area (Å²) in [5.41, 5.74) is 0. The lowest BCUT2D eigenvalue weighted by Gasteiger charge is -2.32. The molecule has 2 N–H and O–H groups in total. The summed E-state index contributed by atoms with van der Waals surface area (Å²) < 4.78 is 46.6. The maximum atomic E-state index is 12.3. The number of anilines is 1. The number of aromatic nitrogens is 1. The van der Waals surface area contributed by atoms with Crippen LogP contribution in [0.15, 0.2) is 30.5 Å². The van der Waals surface area contributed by atoms with E-state index in [2.05, 4.69) is 15.0 Å². The van der Waals surface area contributed by atoms with Gasteiger partial charge in [0.05, 0.1) is 6.42 Å². The Bertz CT molecular complexity index is 897. The Morgan fingerprint density at radius 2 is 1.97 bits per heavy atom. The second-order valence-corrected chi connectivity index (χ2v) is 7.57. The van der Waals surface area contributed by atoms with Crippen molar-refractivity contribution in [1.82, 2.24) is 9.88 Å². The number of aliphatic carboxylic acids is 1. The molecule has 0 saturated carbocycles. The number of likely N-dealkylation sites (tertiary alicyclic amines) is 1. The summed E-state index contributed by atoms with van der Waals surface area (Å²) in [6.45, 7) is 0.783. The molecule has 3 rings (SSSR count). The zero-order valence-corrected chi connectivity index (χ0v) is 16.3. The molecule has 8 nitrogen and oxygen atoms in total. The van der Waals surface area contributed by atoms with Crippen LogP contribution in [0.25, 0.3) is 0 Å². The molecule has 30 heavy (non-hydrogen) atoms. The molecule has 1 aliphatic rings. The molecule has 0 atom stereocenters. The summed E-state index contributed by atoms with van der Waals surface area (Å²) in [6, 6.07) is 4.95. The van der Waals surface area contributed by atoms with Crippen molar-refractivity contribution < 1.29 is 37.3 Å². The van der Waals surface area contributed by atoms with Gasteiger partial charge in [-0.15, -0.1) is 24.5 Å². The number of ether oxygens (including phenoxy) is 2. The molecule has 0 bridgehead atoms. The van der Waals surface area contributed by atoms with Crippen LogP contribution in [0.3, 0.4) is 0 Å². The average molecular weight is 445 g/mol. The van der Waals surface area contributed by atoms with Crippen molar-refractivity contribution in [1.29, 1.82) is 0 Å². The van der Waals surface area contributed by atoms with Crippen LogP contribution in [0.2, 0.25) is 0 Å². The molecular formula is C18H18F3N3O5S. The van der Waals surface area contributed by atoms with Gasteiger partial charge in [-0.2, -0.15) is 0 Å². The Hall–Kier alpha value is -3.02. The van der Waals surface area contributed by atoms with Crippen molar-refractivity contribution in [3.05, 3.63) is 35.3 Å². The zero-order valence-electron chi connectivity index (χ0n) is 15.5. The SMILES string of the molecule is O=C(O)Cc1cnc(NC(=O)N2CCC(Oc3cccc(OC(F)(F)F)c3)CC2)s1. The van der Waals surface area contributed by atoms with Gasteiger partial charge in [-0.25, -0.2) is 9.78 Å². The average Bonchev–Trinajstić information content (AvgIpc) is 3.07. The van der Waals surface area contributed by atoms with E-state index in [-0.39, 0.29) is 30.1 Å². The van der Waals surface area contributed by atoms with E-state index in [4.69, 9.17) is 9.84 Å². The van der Waals surface area contributed by atoms with E-state index >= 15 is 0 Å². The summed E-state index contributed by atoms with van der Waals surface area (Å²) in [5.74, 6) is -1.08. The van der Waals surface area contributed by atoms with Gasteiger partial charge < -0.3 is 19.5 Å². The predicted octanol–water partition coefficient (Wildman–Crippen LogP) is 3.74. The highest BCUT2D eigenvalue weighted by Gasteiger charge is 2.31. The smallest absolute Gasteiger partial charge is 0.490 e. The fraction of sp³-hybridized carbons (Fsp3) is 0.389. The second-order valence-electron chi connectivity index (χ2n) is 6.46. The van der Waals surface area contributed by atoms with Crippen molar-refractivity contribution >= 4 is 28.5 Å². The molecule has 1 aliphatic heterocycles. The monoisotopic (exact) mass is 445 g/mol. The third-order valence-electron chi connectivity index (χ3n) is 4.16. The number of hydrogen-bond acceptors (Lipinski definition) is 6. The molecule has 0 radical (unpaired) electrons. The van der Waals surface area contributed by atoms with Crippen LogP contribution in [0.4, 0.5) is 23.1 Å². The number of nitrogens with one attached hydrogen (secondary N) is 1. The maximum absolute atomic E-state index is 12.3. The Kier molecular flexibility index (Phi) is 6.65. The molecule has 0 aliphatic carbocycles. The van der Waals surface area contributed by atoms with Crippen LogP contribution in [-0.4, -0.2) is 52.5 Å². The molecular weight excluding hydrogens is 427 g/mol. The van der Waals surface area contributed by atoms with Crippen LogP contribution in [-0.2, 0) is 11.2 Å². The van der Waals surface area contributed by atoms with Gasteiger partial charge in [0.2, 0.25) is 0 Å². The van der Waals surface area contributed by atoms with Crippen LogP contribution < -0.4 is 14.8 Å². The Morgan fingerprint density at radius 3 is 2.63 bits per heavy atom. The lowest BCUT2D eigenvalue weighted by atomic mass is 10.1. The third-order valence-corrected chi connectivity index (χ3v) is 5.08. The number of nitrogens with zero attached hydrogens (tertiary/aromatic N) is 2. The van der Waals surface area contributed by atoms with E-state index in [1.54, 1.807) is 11.0 Å². The van der Waals surface area contributed by atoms with Gasteiger partial charge >= 0.3 is 18.4 Å². The van der Waals surface area contributed by atoms with Crippen molar-refractivity contribution in [2.24, 2.45) is 0 Å². The molecule has 0 unspecified atom stereocenters. The number of amides is 2. The number of thiazole rings is 1. The number of benzene rings is 1. The number of rotatable bonds is 6. The first-order chi connectivity index (χ1) is 14.2. The third kappa shape index (κ3) is 6.51. The lowest BCUT2D eigenvalue weighted by Crippen LogP contribution is -2.43. The van der Waals surface area contributed by atoms with Crippen molar-refractivity contribution in [3.63, 3.8) is 0 Å². The first-order valence-corrected chi connectivity index (χ1v) is 9.74. The van der Waals surface area contributed by atoms with Gasteiger partial charge in [0.1, 0.15) is 17.6 Å². The van der Waals surface area contributed by atoms with E-state index in [9.17, 15) is 22.8 Å². The molecule has 2 heterocycles. The first kappa shape index (κ1) is 21.7. The molecule has 2 amide bonds. The summed E-state index contributed by atoms with van der Waals surface area (Å²) in [5, 5.41) is 11.7. The fourth-order valence-corrected chi connectivity index (χ4v) is 3.67. The van der Waals surface area contributed by atoms with E-state index < -0.39 is 12.3 Å². The van der Waals surface area contributed by atoms with E-state index in [1.165, 1.54) is 24.4 Å². The van der Waals surface area contributed by atoms with Gasteiger partial charge in [0, 0.05) is 43.1 Å². The number of piperidine rings is 1. The van der Waals surface area contributed by atoms with E-state index in [1.807, 2.05) is 0 Å². The van der Waals surface area contributed by atoms with Crippen LogP contribution >= 0.6 is 11.3 Å². The summed E-state index contributed by atoms with van der Waals surface area (Å²) in [4.78, 5) is 29.1. The number of carboxylic acids is 1. The quantitative estimate of drug-likeness (QED) is 0.703. The van der Waals surface area contributed by atoms with Gasteiger partial charge in [-0.1, -0.05) is 6.07 Å². The number of alkyl halides is 3.